The molecule has 0 saturated carbocycles. The highest BCUT2D eigenvalue weighted by Gasteiger charge is 2.46. The predicted molar refractivity (Wildman–Crippen MR) is 81.7 cm³/mol. The van der Waals surface area contributed by atoms with E-state index in [0.29, 0.717) is 6.04 Å². The number of fused-ring (bicyclic) bond motifs is 2. The number of nitrogens with zero attached hydrogens (tertiary/aromatic N) is 1. The van der Waals surface area contributed by atoms with Crippen LogP contribution in [0.2, 0.25) is 4.34 Å². The van der Waals surface area contributed by atoms with Crippen molar-refractivity contribution in [1.29, 1.82) is 0 Å². The number of halogens is 1. The monoisotopic (exact) mass is 324 g/mol. The molecule has 1 fully saturated rings. The summed E-state index contributed by atoms with van der Waals surface area (Å²) < 4.78 is 12.2. The highest BCUT2D eigenvalue weighted by atomic mass is 35.5. The summed E-state index contributed by atoms with van der Waals surface area (Å²) in [5, 5.41) is 7.69. The Bertz CT molecular complexity index is 642. The molecule has 3 unspecified atom stereocenters. The van der Waals surface area contributed by atoms with Gasteiger partial charge in [-0.05, 0) is 31.4 Å². The van der Waals surface area contributed by atoms with Gasteiger partial charge in [0.25, 0.3) is 0 Å². The van der Waals surface area contributed by atoms with Crippen LogP contribution in [-0.4, -0.2) is 17.8 Å². The van der Waals surface area contributed by atoms with E-state index in [1.54, 1.807) is 17.6 Å². The molecule has 2 aromatic rings. The van der Waals surface area contributed by atoms with Gasteiger partial charge in [0.1, 0.15) is 17.6 Å². The summed E-state index contributed by atoms with van der Waals surface area (Å²) in [4.78, 5) is 1.31. The van der Waals surface area contributed by atoms with Gasteiger partial charge in [-0.1, -0.05) is 16.8 Å². The molecule has 2 aromatic heterocycles. The second kappa shape index (κ2) is 5.09. The molecule has 6 heteroatoms. The summed E-state index contributed by atoms with van der Waals surface area (Å²) in [5.41, 5.74) is 2.06. The summed E-state index contributed by atoms with van der Waals surface area (Å²) in [6, 6.07) is 4.53. The van der Waals surface area contributed by atoms with Gasteiger partial charge in [-0.3, -0.25) is 0 Å². The van der Waals surface area contributed by atoms with Crippen LogP contribution in [0.15, 0.2) is 22.9 Å². The van der Waals surface area contributed by atoms with E-state index >= 15 is 0 Å². The van der Waals surface area contributed by atoms with Crippen LogP contribution in [0.25, 0.3) is 0 Å². The van der Waals surface area contributed by atoms with E-state index in [2.05, 4.69) is 23.5 Å². The van der Waals surface area contributed by atoms with E-state index in [1.165, 1.54) is 10.4 Å². The fourth-order valence-corrected chi connectivity index (χ4v) is 5.12. The normalized spacial score (nSPS) is 32.3. The van der Waals surface area contributed by atoms with Gasteiger partial charge in [0.15, 0.2) is 0 Å². The smallest absolute Gasteiger partial charge is 0.124 e. The van der Waals surface area contributed by atoms with Gasteiger partial charge >= 0.3 is 0 Å². The lowest BCUT2D eigenvalue weighted by atomic mass is 9.79. The fraction of sp³-hybridized carbons (Fsp3) is 0.533. The van der Waals surface area contributed by atoms with Crippen molar-refractivity contribution >= 4 is 22.9 Å². The highest BCUT2D eigenvalue weighted by Crippen LogP contribution is 2.49. The fourth-order valence-electron chi connectivity index (χ4n) is 3.65. The number of hydrogen-bond acceptors (Lipinski definition) is 5. The third-order valence-corrected chi connectivity index (χ3v) is 5.90. The largest absolute Gasteiger partial charge is 0.369 e. The van der Waals surface area contributed by atoms with Gasteiger partial charge in [0.05, 0.1) is 17.0 Å². The topological polar surface area (TPSA) is 47.3 Å². The van der Waals surface area contributed by atoms with Gasteiger partial charge in [-0.25, -0.2) is 0 Å². The highest BCUT2D eigenvalue weighted by molar-refractivity contribution is 7.16. The Morgan fingerprint density at radius 2 is 2.38 bits per heavy atom. The number of rotatable bonds is 1. The van der Waals surface area contributed by atoms with Crippen molar-refractivity contribution in [3.05, 3.63) is 38.9 Å². The molecule has 21 heavy (non-hydrogen) atoms. The Kier molecular flexibility index (Phi) is 3.34. The van der Waals surface area contributed by atoms with Crippen LogP contribution in [-0.2, 0) is 16.8 Å². The molecule has 0 radical (unpaired) electrons. The van der Waals surface area contributed by atoms with Gasteiger partial charge in [-0.15, -0.1) is 11.3 Å². The minimum Gasteiger partial charge on any atom is -0.369 e. The van der Waals surface area contributed by atoms with Crippen molar-refractivity contribution < 1.29 is 9.26 Å². The number of hydrogen-bond donors (Lipinski definition) is 1. The Hall–Kier alpha value is -0.880. The van der Waals surface area contributed by atoms with Gasteiger partial charge in [0, 0.05) is 23.4 Å². The van der Waals surface area contributed by atoms with Gasteiger partial charge in [-0.2, -0.15) is 0 Å². The molecule has 4 nitrogen and oxygen atoms in total. The third-order valence-electron chi connectivity index (χ3n) is 4.41. The van der Waals surface area contributed by atoms with E-state index in [4.69, 9.17) is 20.9 Å². The molecule has 4 rings (SSSR count). The molecule has 4 heterocycles. The van der Waals surface area contributed by atoms with Crippen molar-refractivity contribution in [2.75, 3.05) is 6.61 Å². The summed E-state index contributed by atoms with van der Waals surface area (Å²) in [6.07, 6.45) is 4.41. The standard InChI is InChI=1S/C15H17ClN2O2S/c1-9-7-15(8-12(17-9)11-3-5-20-18-11)14-10(2-4-19-15)6-13(16)21-14/h3,5-6,9,12,17H,2,4,7-8H2,1H3. The van der Waals surface area contributed by atoms with E-state index in [1.807, 2.05) is 6.07 Å². The molecular weight excluding hydrogens is 308 g/mol. The first-order chi connectivity index (χ1) is 10.2. The average Bonchev–Trinajstić information content (AvgIpc) is 3.07. The maximum absolute atomic E-state index is 6.30. The SMILES string of the molecule is CC1CC2(CC(c3ccon3)N1)OCCc1cc(Cl)sc12. The quantitative estimate of drug-likeness (QED) is 0.869. The van der Waals surface area contributed by atoms with Crippen LogP contribution in [0.4, 0.5) is 0 Å². The zero-order chi connectivity index (χ0) is 14.4. The molecule has 2 aliphatic heterocycles. The molecule has 0 bridgehead atoms. The lowest BCUT2D eigenvalue weighted by Crippen LogP contribution is -2.49. The van der Waals surface area contributed by atoms with Crippen LogP contribution in [0.5, 0.6) is 0 Å². The van der Waals surface area contributed by atoms with Crippen molar-refractivity contribution in [2.45, 2.75) is 43.9 Å². The van der Waals surface area contributed by atoms with Gasteiger partial charge < -0.3 is 14.6 Å². The molecule has 0 amide bonds. The lowest BCUT2D eigenvalue weighted by molar-refractivity contribution is -0.0959. The van der Waals surface area contributed by atoms with E-state index in [9.17, 15) is 0 Å². The van der Waals surface area contributed by atoms with Crippen LogP contribution in [0, 0.1) is 0 Å². The molecule has 0 aromatic carbocycles. The molecule has 3 atom stereocenters. The Balaban J connectivity index is 1.73. The average molecular weight is 325 g/mol. The molecule has 2 aliphatic rings. The molecule has 1 spiro atoms. The molecule has 1 N–H and O–H groups in total. The first kappa shape index (κ1) is 13.8. The van der Waals surface area contributed by atoms with E-state index in [-0.39, 0.29) is 11.6 Å². The number of aromatic nitrogens is 1. The second-order valence-corrected chi connectivity index (χ2v) is 7.63. The van der Waals surface area contributed by atoms with Crippen molar-refractivity contribution in [2.24, 2.45) is 0 Å². The van der Waals surface area contributed by atoms with E-state index < -0.39 is 0 Å². The third kappa shape index (κ3) is 2.32. The number of thiophene rings is 1. The molecule has 0 aliphatic carbocycles. The molecule has 112 valence electrons. The summed E-state index contributed by atoms with van der Waals surface area (Å²) in [5.74, 6) is 0. The van der Waals surface area contributed by atoms with E-state index in [0.717, 1.165) is 35.9 Å². The summed E-state index contributed by atoms with van der Waals surface area (Å²) >= 11 is 7.91. The number of piperidine rings is 1. The number of nitrogens with one attached hydrogen (secondary N) is 1. The summed E-state index contributed by atoms with van der Waals surface area (Å²) in [7, 11) is 0. The predicted octanol–water partition coefficient (Wildman–Crippen LogP) is 3.67. The molecule has 1 saturated heterocycles. The maximum Gasteiger partial charge on any atom is 0.124 e. The van der Waals surface area contributed by atoms with Crippen LogP contribution >= 0.6 is 22.9 Å². The zero-order valence-corrected chi connectivity index (χ0v) is 13.3. The maximum atomic E-state index is 6.30. The Morgan fingerprint density at radius 1 is 1.48 bits per heavy atom. The first-order valence-electron chi connectivity index (χ1n) is 7.25. The molecular formula is C15H17ClN2O2S. The Labute approximate surface area is 132 Å². The minimum absolute atomic E-state index is 0.152. The Morgan fingerprint density at radius 3 is 3.19 bits per heavy atom. The summed E-state index contributed by atoms with van der Waals surface area (Å²) in [6.45, 7) is 2.96. The zero-order valence-electron chi connectivity index (χ0n) is 11.8. The van der Waals surface area contributed by atoms with Crippen molar-refractivity contribution in [1.82, 2.24) is 10.5 Å². The van der Waals surface area contributed by atoms with Crippen LogP contribution in [0.3, 0.4) is 0 Å². The van der Waals surface area contributed by atoms with Crippen molar-refractivity contribution in [3.8, 4) is 0 Å². The van der Waals surface area contributed by atoms with Crippen molar-refractivity contribution in [3.63, 3.8) is 0 Å². The minimum atomic E-state index is -0.236. The second-order valence-electron chi connectivity index (χ2n) is 5.95. The first-order valence-corrected chi connectivity index (χ1v) is 8.45. The van der Waals surface area contributed by atoms with Crippen LogP contribution < -0.4 is 5.32 Å². The lowest BCUT2D eigenvalue weighted by Gasteiger charge is -2.45. The van der Waals surface area contributed by atoms with Gasteiger partial charge in [0.2, 0.25) is 0 Å². The van der Waals surface area contributed by atoms with Crippen LogP contribution in [0.1, 0.15) is 41.9 Å². The number of ether oxygens (including phenoxy) is 1.